The van der Waals surface area contributed by atoms with Gasteiger partial charge in [0.05, 0.1) is 12.1 Å². The molecule has 6 nitrogen and oxygen atoms in total. The summed E-state index contributed by atoms with van der Waals surface area (Å²) >= 11 is 0. The first-order valence-corrected chi connectivity index (χ1v) is 10.7. The van der Waals surface area contributed by atoms with Crippen molar-refractivity contribution >= 4 is 0 Å². The third-order valence-electron chi connectivity index (χ3n) is 5.97. The van der Waals surface area contributed by atoms with Gasteiger partial charge in [-0.2, -0.15) is 0 Å². The fourth-order valence-electron chi connectivity index (χ4n) is 4.09. The van der Waals surface area contributed by atoms with Crippen LogP contribution in [0.2, 0.25) is 0 Å². The number of nitrogens with zero attached hydrogens (tertiary/aromatic N) is 4. The summed E-state index contributed by atoms with van der Waals surface area (Å²) in [6.07, 6.45) is 0.658. The van der Waals surface area contributed by atoms with Crippen molar-refractivity contribution < 1.29 is 4.42 Å². The van der Waals surface area contributed by atoms with Crippen LogP contribution in [0.3, 0.4) is 0 Å². The Kier molecular flexibility index (Phi) is 6.27. The molecule has 0 spiro atoms. The minimum absolute atomic E-state index is 0.430. The monoisotopic (exact) mass is 405 g/mol. The van der Waals surface area contributed by atoms with Crippen LogP contribution >= 0.6 is 0 Å². The van der Waals surface area contributed by atoms with Gasteiger partial charge in [-0.3, -0.25) is 9.80 Å². The van der Waals surface area contributed by atoms with Gasteiger partial charge in [-0.15, -0.1) is 10.2 Å². The number of nitrogens with two attached hydrogens (primary N) is 1. The van der Waals surface area contributed by atoms with Gasteiger partial charge in [-0.1, -0.05) is 60.7 Å². The smallest absolute Gasteiger partial charge is 0.236 e. The molecule has 2 atom stereocenters. The van der Waals surface area contributed by atoms with Crippen LogP contribution in [0, 0.1) is 0 Å². The second kappa shape index (κ2) is 9.08. The van der Waals surface area contributed by atoms with Gasteiger partial charge >= 0.3 is 0 Å². The van der Waals surface area contributed by atoms with E-state index in [9.17, 15) is 0 Å². The van der Waals surface area contributed by atoms with Gasteiger partial charge in [0, 0.05) is 32.2 Å². The SMILES string of the molecule is CC(c1ccccc1)N1CCN(Cc2nnc([C@](C)(N)Cc3ccccc3)o2)CC1. The van der Waals surface area contributed by atoms with E-state index in [1.807, 2.05) is 25.1 Å². The van der Waals surface area contributed by atoms with Gasteiger partial charge in [0.1, 0.15) is 0 Å². The Bertz CT molecular complexity index is 917. The molecule has 0 bridgehead atoms. The molecule has 2 N–H and O–H groups in total. The molecule has 0 saturated carbocycles. The lowest BCUT2D eigenvalue weighted by Crippen LogP contribution is -2.46. The summed E-state index contributed by atoms with van der Waals surface area (Å²) in [5.74, 6) is 1.14. The minimum atomic E-state index is -0.684. The van der Waals surface area contributed by atoms with Crippen molar-refractivity contribution in [2.24, 2.45) is 5.73 Å². The predicted molar refractivity (Wildman–Crippen MR) is 118 cm³/mol. The van der Waals surface area contributed by atoms with Crippen molar-refractivity contribution in [2.45, 2.75) is 38.4 Å². The van der Waals surface area contributed by atoms with Crippen LogP contribution < -0.4 is 5.73 Å². The molecule has 1 saturated heterocycles. The third kappa shape index (κ3) is 4.95. The normalized spacial score (nSPS) is 18.8. The summed E-state index contributed by atoms with van der Waals surface area (Å²) in [6.45, 7) is 8.92. The van der Waals surface area contributed by atoms with Crippen LogP contribution in [-0.2, 0) is 18.5 Å². The van der Waals surface area contributed by atoms with Crippen molar-refractivity contribution in [1.29, 1.82) is 0 Å². The second-order valence-corrected chi connectivity index (χ2v) is 8.48. The highest BCUT2D eigenvalue weighted by molar-refractivity contribution is 5.19. The van der Waals surface area contributed by atoms with E-state index in [1.165, 1.54) is 5.56 Å². The maximum Gasteiger partial charge on any atom is 0.236 e. The van der Waals surface area contributed by atoms with E-state index in [0.717, 1.165) is 31.7 Å². The van der Waals surface area contributed by atoms with E-state index in [4.69, 9.17) is 10.2 Å². The zero-order valence-corrected chi connectivity index (χ0v) is 17.9. The summed E-state index contributed by atoms with van der Waals surface area (Å²) in [4.78, 5) is 4.90. The highest BCUT2D eigenvalue weighted by Gasteiger charge is 2.29. The highest BCUT2D eigenvalue weighted by Crippen LogP contribution is 2.24. The van der Waals surface area contributed by atoms with Gasteiger partial charge < -0.3 is 10.2 Å². The van der Waals surface area contributed by atoms with Crippen LogP contribution in [0.5, 0.6) is 0 Å². The van der Waals surface area contributed by atoms with E-state index in [0.29, 0.717) is 30.8 Å². The van der Waals surface area contributed by atoms with Crippen molar-refractivity contribution in [3.8, 4) is 0 Å². The summed E-state index contributed by atoms with van der Waals surface area (Å²) in [5.41, 5.74) is 8.35. The summed E-state index contributed by atoms with van der Waals surface area (Å²) in [5, 5.41) is 8.52. The van der Waals surface area contributed by atoms with Gasteiger partial charge in [-0.25, -0.2) is 0 Å². The standard InChI is InChI=1S/C24H31N5O/c1-19(21-11-7-4-8-12-21)29-15-13-28(14-16-29)18-22-26-27-23(30-22)24(2,25)17-20-9-5-3-6-10-20/h3-12,19H,13-18,25H2,1-2H3/t19?,24-/m1/s1. The maximum atomic E-state index is 6.51. The van der Waals surface area contributed by atoms with Crippen molar-refractivity contribution in [2.75, 3.05) is 26.2 Å². The first kappa shape index (κ1) is 20.7. The molecule has 1 aliphatic rings. The molecule has 2 heterocycles. The molecule has 30 heavy (non-hydrogen) atoms. The number of rotatable bonds is 7. The Hall–Kier alpha value is -2.54. The molecule has 1 unspecified atom stereocenters. The van der Waals surface area contributed by atoms with Gasteiger partial charge in [0.2, 0.25) is 11.8 Å². The van der Waals surface area contributed by atoms with Gasteiger partial charge in [0.25, 0.3) is 0 Å². The van der Waals surface area contributed by atoms with Crippen LogP contribution in [0.25, 0.3) is 0 Å². The largest absolute Gasteiger partial charge is 0.422 e. The van der Waals surface area contributed by atoms with Gasteiger partial charge in [-0.05, 0) is 31.4 Å². The molecular formula is C24H31N5O. The number of piperazine rings is 1. The average molecular weight is 406 g/mol. The summed E-state index contributed by atoms with van der Waals surface area (Å²) in [7, 11) is 0. The molecule has 1 aliphatic heterocycles. The van der Waals surface area contributed by atoms with E-state index in [1.54, 1.807) is 0 Å². The lowest BCUT2D eigenvalue weighted by Gasteiger charge is -2.37. The van der Waals surface area contributed by atoms with Crippen LogP contribution in [0.4, 0.5) is 0 Å². The van der Waals surface area contributed by atoms with E-state index in [-0.39, 0.29) is 0 Å². The average Bonchev–Trinajstić information content (AvgIpc) is 3.24. The molecule has 0 radical (unpaired) electrons. The fraction of sp³-hybridized carbons (Fsp3) is 0.417. The molecule has 158 valence electrons. The van der Waals surface area contributed by atoms with Crippen molar-refractivity contribution in [1.82, 2.24) is 20.0 Å². The molecule has 1 aromatic heterocycles. The molecular weight excluding hydrogens is 374 g/mol. The Morgan fingerprint density at radius 3 is 2.27 bits per heavy atom. The minimum Gasteiger partial charge on any atom is -0.422 e. The maximum absolute atomic E-state index is 6.51. The Morgan fingerprint density at radius 1 is 0.967 bits per heavy atom. The van der Waals surface area contributed by atoms with Crippen molar-refractivity contribution in [3.63, 3.8) is 0 Å². The Morgan fingerprint density at radius 2 is 1.60 bits per heavy atom. The quantitative estimate of drug-likeness (QED) is 0.650. The first-order chi connectivity index (χ1) is 14.5. The zero-order valence-electron chi connectivity index (χ0n) is 17.9. The highest BCUT2D eigenvalue weighted by atomic mass is 16.4. The molecule has 2 aromatic carbocycles. The Balaban J connectivity index is 1.31. The first-order valence-electron chi connectivity index (χ1n) is 10.7. The summed E-state index contributed by atoms with van der Waals surface area (Å²) in [6, 6.07) is 21.3. The molecule has 3 aromatic rings. The number of hydrogen-bond donors (Lipinski definition) is 1. The zero-order chi connectivity index (χ0) is 21.0. The lowest BCUT2D eigenvalue weighted by molar-refractivity contribution is 0.0914. The van der Waals surface area contributed by atoms with E-state index >= 15 is 0 Å². The predicted octanol–water partition coefficient (Wildman–Crippen LogP) is 3.37. The molecule has 0 amide bonds. The van der Waals surface area contributed by atoms with Crippen LogP contribution in [0.15, 0.2) is 65.1 Å². The number of hydrogen-bond acceptors (Lipinski definition) is 6. The number of aromatic nitrogens is 2. The van der Waals surface area contributed by atoms with Crippen LogP contribution in [-0.4, -0.2) is 46.2 Å². The molecule has 0 aliphatic carbocycles. The van der Waals surface area contributed by atoms with E-state index in [2.05, 4.69) is 69.4 Å². The second-order valence-electron chi connectivity index (χ2n) is 8.48. The Labute approximate surface area is 178 Å². The molecule has 1 fully saturated rings. The molecule has 4 rings (SSSR count). The summed E-state index contributed by atoms with van der Waals surface area (Å²) < 4.78 is 5.96. The van der Waals surface area contributed by atoms with E-state index < -0.39 is 5.54 Å². The fourth-order valence-corrected chi connectivity index (χ4v) is 4.09. The van der Waals surface area contributed by atoms with Gasteiger partial charge in [0.15, 0.2) is 0 Å². The van der Waals surface area contributed by atoms with Crippen molar-refractivity contribution in [3.05, 3.63) is 83.6 Å². The number of benzene rings is 2. The lowest BCUT2D eigenvalue weighted by atomic mass is 9.94. The topological polar surface area (TPSA) is 71.4 Å². The van der Waals surface area contributed by atoms with Crippen LogP contribution in [0.1, 0.15) is 42.8 Å². The third-order valence-corrected chi connectivity index (χ3v) is 5.97. The molecule has 6 heteroatoms.